The zero-order valence-electron chi connectivity index (χ0n) is 9.74. The van der Waals surface area contributed by atoms with Gasteiger partial charge < -0.3 is 10.6 Å². The number of nitrogens with one attached hydrogen (secondary N) is 2. The van der Waals surface area contributed by atoms with E-state index in [9.17, 15) is 4.79 Å². The number of carbonyl (C=O) groups is 1. The van der Waals surface area contributed by atoms with Gasteiger partial charge in [0, 0.05) is 31.7 Å². The van der Waals surface area contributed by atoms with Crippen LogP contribution < -0.4 is 10.6 Å². The van der Waals surface area contributed by atoms with Gasteiger partial charge in [0.25, 0.3) is 0 Å². The number of fused-ring (bicyclic) bond motifs is 1. The summed E-state index contributed by atoms with van der Waals surface area (Å²) in [6.45, 7) is 4.15. The monoisotopic (exact) mass is 223 g/mol. The summed E-state index contributed by atoms with van der Waals surface area (Å²) < 4.78 is 0. The van der Waals surface area contributed by atoms with Crippen LogP contribution in [-0.4, -0.2) is 49.1 Å². The number of rotatable bonds is 2. The standard InChI is InChI=1S/C12H21N3O/c16-12(9-7-13-8-9)14-10-4-6-15-5-2-1-3-11(10)15/h9-11,13H,1-8H2,(H,14,16). The summed E-state index contributed by atoms with van der Waals surface area (Å²) >= 11 is 0. The molecule has 0 aromatic heterocycles. The maximum absolute atomic E-state index is 11.9. The SMILES string of the molecule is O=C(NC1CCN2CCCCC12)C1CNC1. The fourth-order valence-electron chi connectivity index (χ4n) is 3.19. The first-order valence-electron chi connectivity index (χ1n) is 6.60. The zero-order chi connectivity index (χ0) is 11.0. The Morgan fingerprint density at radius 2 is 2.06 bits per heavy atom. The molecule has 0 saturated carbocycles. The maximum atomic E-state index is 11.9. The van der Waals surface area contributed by atoms with E-state index in [0.717, 1.165) is 19.5 Å². The van der Waals surface area contributed by atoms with Gasteiger partial charge in [0.05, 0.1) is 5.92 Å². The second-order valence-corrected chi connectivity index (χ2v) is 5.36. The molecule has 0 spiro atoms. The van der Waals surface area contributed by atoms with Gasteiger partial charge in [-0.2, -0.15) is 0 Å². The van der Waals surface area contributed by atoms with Crippen LogP contribution in [0.4, 0.5) is 0 Å². The van der Waals surface area contributed by atoms with Crippen LogP contribution in [0, 0.1) is 5.92 Å². The summed E-state index contributed by atoms with van der Waals surface area (Å²) in [6.07, 6.45) is 5.09. The molecule has 3 saturated heterocycles. The lowest BCUT2D eigenvalue weighted by atomic mass is 9.97. The number of hydrogen-bond acceptors (Lipinski definition) is 3. The third-order valence-corrected chi connectivity index (χ3v) is 4.34. The van der Waals surface area contributed by atoms with Crippen LogP contribution in [0.25, 0.3) is 0 Å². The highest BCUT2D eigenvalue weighted by Gasteiger charge is 2.37. The number of amides is 1. The summed E-state index contributed by atoms with van der Waals surface area (Å²) in [6, 6.07) is 1.05. The molecule has 1 amide bonds. The third kappa shape index (κ3) is 1.84. The lowest BCUT2D eigenvalue weighted by Crippen LogP contribution is -2.55. The van der Waals surface area contributed by atoms with Gasteiger partial charge in [0.1, 0.15) is 0 Å². The summed E-state index contributed by atoms with van der Waals surface area (Å²) in [4.78, 5) is 14.4. The summed E-state index contributed by atoms with van der Waals surface area (Å²) in [5.74, 6) is 0.508. The molecule has 0 aromatic carbocycles. The Bertz CT molecular complexity index is 277. The fourth-order valence-corrected chi connectivity index (χ4v) is 3.19. The van der Waals surface area contributed by atoms with Crippen LogP contribution in [0.3, 0.4) is 0 Å². The van der Waals surface area contributed by atoms with E-state index in [1.54, 1.807) is 0 Å². The second kappa shape index (κ2) is 4.34. The van der Waals surface area contributed by atoms with Gasteiger partial charge >= 0.3 is 0 Å². The lowest BCUT2D eigenvalue weighted by Gasteiger charge is -2.34. The van der Waals surface area contributed by atoms with Crippen LogP contribution in [-0.2, 0) is 4.79 Å². The van der Waals surface area contributed by atoms with Crippen LogP contribution >= 0.6 is 0 Å². The number of hydrogen-bond donors (Lipinski definition) is 2. The summed E-state index contributed by atoms with van der Waals surface area (Å²) in [5.41, 5.74) is 0. The predicted octanol–water partition coefficient (Wildman–Crippen LogP) is -0.0512. The maximum Gasteiger partial charge on any atom is 0.225 e. The highest BCUT2D eigenvalue weighted by atomic mass is 16.2. The minimum absolute atomic E-state index is 0.234. The van der Waals surface area contributed by atoms with Crippen LogP contribution in [0.2, 0.25) is 0 Å². The van der Waals surface area contributed by atoms with Gasteiger partial charge in [0.15, 0.2) is 0 Å². The van der Waals surface area contributed by atoms with Gasteiger partial charge in [-0.3, -0.25) is 9.69 Å². The van der Waals surface area contributed by atoms with E-state index in [1.807, 2.05) is 0 Å². The smallest absolute Gasteiger partial charge is 0.225 e. The van der Waals surface area contributed by atoms with Crippen molar-refractivity contribution in [2.75, 3.05) is 26.2 Å². The van der Waals surface area contributed by atoms with Crippen molar-refractivity contribution >= 4 is 5.91 Å². The Morgan fingerprint density at radius 3 is 2.81 bits per heavy atom. The molecule has 0 bridgehead atoms. The van der Waals surface area contributed by atoms with E-state index >= 15 is 0 Å². The normalized spacial score (nSPS) is 35.5. The molecule has 90 valence electrons. The van der Waals surface area contributed by atoms with E-state index < -0.39 is 0 Å². The van der Waals surface area contributed by atoms with Crippen molar-refractivity contribution in [3.63, 3.8) is 0 Å². The molecule has 0 aromatic rings. The van der Waals surface area contributed by atoms with Crippen LogP contribution in [0.5, 0.6) is 0 Å². The molecule has 3 aliphatic rings. The van der Waals surface area contributed by atoms with E-state index in [1.165, 1.54) is 32.4 Å². The molecule has 0 aliphatic carbocycles. The Hall–Kier alpha value is -0.610. The van der Waals surface area contributed by atoms with E-state index in [4.69, 9.17) is 0 Å². The average Bonchev–Trinajstić information content (AvgIpc) is 2.59. The van der Waals surface area contributed by atoms with Gasteiger partial charge in [-0.25, -0.2) is 0 Å². The highest BCUT2D eigenvalue weighted by molar-refractivity contribution is 5.80. The first kappa shape index (κ1) is 10.5. The van der Waals surface area contributed by atoms with E-state index in [-0.39, 0.29) is 11.8 Å². The first-order chi connectivity index (χ1) is 7.84. The largest absolute Gasteiger partial charge is 0.351 e. The molecule has 3 rings (SSSR count). The fraction of sp³-hybridized carbons (Fsp3) is 0.917. The summed E-state index contributed by atoms with van der Waals surface area (Å²) in [5, 5.41) is 6.41. The van der Waals surface area contributed by atoms with E-state index in [2.05, 4.69) is 15.5 Å². The second-order valence-electron chi connectivity index (χ2n) is 5.36. The Balaban J connectivity index is 1.56. The number of carbonyl (C=O) groups excluding carboxylic acids is 1. The van der Waals surface area contributed by atoms with Crippen molar-refractivity contribution in [3.8, 4) is 0 Å². The average molecular weight is 223 g/mol. The van der Waals surface area contributed by atoms with E-state index in [0.29, 0.717) is 12.1 Å². The predicted molar refractivity (Wildman–Crippen MR) is 62.1 cm³/mol. The molecule has 4 heteroatoms. The molecular weight excluding hydrogens is 202 g/mol. The molecule has 4 nitrogen and oxygen atoms in total. The first-order valence-corrected chi connectivity index (χ1v) is 6.60. The molecule has 3 aliphatic heterocycles. The quantitative estimate of drug-likeness (QED) is 0.690. The van der Waals surface area contributed by atoms with Gasteiger partial charge in [0.2, 0.25) is 5.91 Å². The van der Waals surface area contributed by atoms with Crippen LogP contribution in [0.1, 0.15) is 25.7 Å². The minimum Gasteiger partial charge on any atom is -0.351 e. The van der Waals surface area contributed by atoms with Crippen molar-refractivity contribution in [2.45, 2.75) is 37.8 Å². The molecule has 3 heterocycles. The third-order valence-electron chi connectivity index (χ3n) is 4.34. The molecule has 0 radical (unpaired) electrons. The van der Waals surface area contributed by atoms with Gasteiger partial charge in [-0.1, -0.05) is 6.42 Å². The number of piperidine rings is 1. The van der Waals surface area contributed by atoms with Crippen LogP contribution in [0.15, 0.2) is 0 Å². The molecular formula is C12H21N3O. The topological polar surface area (TPSA) is 44.4 Å². The van der Waals surface area contributed by atoms with Gasteiger partial charge in [-0.15, -0.1) is 0 Å². The lowest BCUT2D eigenvalue weighted by molar-refractivity contribution is -0.127. The number of nitrogens with zero attached hydrogens (tertiary/aromatic N) is 1. The molecule has 2 atom stereocenters. The van der Waals surface area contributed by atoms with Crippen molar-refractivity contribution in [1.82, 2.24) is 15.5 Å². The molecule has 2 unspecified atom stereocenters. The van der Waals surface area contributed by atoms with Crippen molar-refractivity contribution in [3.05, 3.63) is 0 Å². The van der Waals surface area contributed by atoms with Crippen molar-refractivity contribution < 1.29 is 4.79 Å². The Kier molecular flexibility index (Phi) is 2.86. The van der Waals surface area contributed by atoms with Crippen molar-refractivity contribution in [2.24, 2.45) is 5.92 Å². The Morgan fingerprint density at radius 1 is 1.19 bits per heavy atom. The summed E-state index contributed by atoms with van der Waals surface area (Å²) in [7, 11) is 0. The minimum atomic E-state index is 0.234. The zero-order valence-corrected chi connectivity index (χ0v) is 9.74. The molecule has 16 heavy (non-hydrogen) atoms. The molecule has 2 N–H and O–H groups in total. The van der Waals surface area contributed by atoms with Crippen molar-refractivity contribution in [1.29, 1.82) is 0 Å². The molecule has 3 fully saturated rings. The highest BCUT2D eigenvalue weighted by Crippen LogP contribution is 2.27. The van der Waals surface area contributed by atoms with Gasteiger partial charge in [-0.05, 0) is 25.8 Å². The Labute approximate surface area is 96.8 Å².